The van der Waals surface area contributed by atoms with Crippen LogP contribution >= 0.6 is 0 Å². The molecule has 3 heteroatoms. The summed E-state index contributed by atoms with van der Waals surface area (Å²) in [5, 5.41) is 2.84. The molecule has 0 unspecified atom stereocenters. The minimum atomic E-state index is -0.0793. The van der Waals surface area contributed by atoms with E-state index in [4.69, 9.17) is 0 Å². The molecule has 2 rings (SSSR count). The highest BCUT2D eigenvalue weighted by Crippen LogP contribution is 2.14. The number of anilines is 1. The van der Waals surface area contributed by atoms with Crippen molar-refractivity contribution in [2.75, 3.05) is 5.32 Å². The fourth-order valence-electron chi connectivity index (χ4n) is 2.18. The van der Waals surface area contributed by atoms with E-state index in [0.29, 0.717) is 17.7 Å². The molecule has 0 aliphatic carbocycles. The van der Waals surface area contributed by atoms with Gasteiger partial charge in [-0.2, -0.15) is 0 Å². The van der Waals surface area contributed by atoms with Gasteiger partial charge in [-0.3, -0.25) is 9.59 Å². The van der Waals surface area contributed by atoms with Crippen LogP contribution in [0.2, 0.25) is 0 Å². The third-order valence-corrected chi connectivity index (χ3v) is 3.41. The second-order valence-electron chi connectivity index (χ2n) is 5.29. The van der Waals surface area contributed by atoms with E-state index < -0.39 is 0 Å². The van der Waals surface area contributed by atoms with Gasteiger partial charge in [-0.1, -0.05) is 35.9 Å². The number of ketones is 1. The van der Waals surface area contributed by atoms with Crippen LogP contribution in [0.3, 0.4) is 0 Å². The van der Waals surface area contributed by atoms with Gasteiger partial charge in [0.2, 0.25) is 5.91 Å². The first-order valence-electron chi connectivity index (χ1n) is 6.92. The molecule has 2 aromatic rings. The monoisotopic (exact) mass is 281 g/mol. The Hall–Kier alpha value is -2.42. The average Bonchev–Trinajstić information content (AvgIpc) is 2.43. The summed E-state index contributed by atoms with van der Waals surface area (Å²) in [6.45, 7) is 5.52. The number of amides is 1. The Morgan fingerprint density at radius 1 is 1.05 bits per heavy atom. The van der Waals surface area contributed by atoms with Gasteiger partial charge in [-0.05, 0) is 44.0 Å². The van der Waals surface area contributed by atoms with Crippen molar-refractivity contribution in [3.05, 3.63) is 64.7 Å². The largest absolute Gasteiger partial charge is 0.326 e. The Morgan fingerprint density at radius 2 is 1.81 bits per heavy atom. The van der Waals surface area contributed by atoms with E-state index in [9.17, 15) is 9.59 Å². The highest BCUT2D eigenvalue weighted by atomic mass is 16.1. The van der Waals surface area contributed by atoms with Gasteiger partial charge in [0.15, 0.2) is 5.78 Å². The Labute approximate surface area is 125 Å². The molecule has 0 saturated carbocycles. The van der Waals surface area contributed by atoms with Crippen LogP contribution in [0.25, 0.3) is 0 Å². The summed E-state index contributed by atoms with van der Waals surface area (Å²) >= 11 is 0. The van der Waals surface area contributed by atoms with Gasteiger partial charge in [0.05, 0.1) is 6.42 Å². The molecule has 0 aromatic heterocycles. The zero-order valence-electron chi connectivity index (χ0n) is 12.6. The second-order valence-corrected chi connectivity index (χ2v) is 5.29. The van der Waals surface area contributed by atoms with Crippen LogP contribution < -0.4 is 5.32 Å². The zero-order chi connectivity index (χ0) is 15.4. The van der Waals surface area contributed by atoms with E-state index in [2.05, 4.69) is 5.32 Å². The lowest BCUT2D eigenvalue weighted by Crippen LogP contribution is -2.15. The average molecular weight is 281 g/mol. The van der Waals surface area contributed by atoms with Crippen LogP contribution in [0.15, 0.2) is 42.5 Å². The maximum atomic E-state index is 12.1. The molecule has 0 saturated heterocycles. The predicted octanol–water partition coefficient (Wildman–Crippen LogP) is 3.69. The van der Waals surface area contributed by atoms with Gasteiger partial charge in [0, 0.05) is 11.3 Å². The van der Waals surface area contributed by atoms with E-state index in [0.717, 1.165) is 16.7 Å². The Kier molecular flexibility index (Phi) is 4.53. The topological polar surface area (TPSA) is 46.2 Å². The first-order valence-corrected chi connectivity index (χ1v) is 6.92. The molecule has 21 heavy (non-hydrogen) atoms. The van der Waals surface area contributed by atoms with Gasteiger partial charge < -0.3 is 5.32 Å². The van der Waals surface area contributed by atoms with E-state index in [1.807, 2.05) is 32.0 Å². The van der Waals surface area contributed by atoms with E-state index >= 15 is 0 Å². The van der Waals surface area contributed by atoms with Crippen molar-refractivity contribution < 1.29 is 9.59 Å². The van der Waals surface area contributed by atoms with Gasteiger partial charge in [0.1, 0.15) is 0 Å². The third-order valence-electron chi connectivity index (χ3n) is 3.41. The minimum Gasteiger partial charge on any atom is -0.326 e. The normalized spacial score (nSPS) is 10.2. The first-order chi connectivity index (χ1) is 9.95. The lowest BCUT2D eigenvalue weighted by Gasteiger charge is -2.09. The molecular formula is C18H19NO2. The number of aryl methyl sites for hydroxylation is 2. The lowest BCUT2D eigenvalue weighted by atomic mass is 10.0. The quantitative estimate of drug-likeness (QED) is 0.869. The van der Waals surface area contributed by atoms with Gasteiger partial charge in [-0.25, -0.2) is 0 Å². The number of nitrogens with one attached hydrogen (secondary N) is 1. The molecule has 108 valence electrons. The van der Waals surface area contributed by atoms with Crippen LogP contribution in [0.4, 0.5) is 5.69 Å². The third kappa shape index (κ3) is 4.02. The number of carbonyl (C=O) groups excluding carboxylic acids is 2. The fraction of sp³-hybridized carbons (Fsp3) is 0.222. The molecule has 0 spiro atoms. The second kappa shape index (κ2) is 6.35. The van der Waals surface area contributed by atoms with Crippen molar-refractivity contribution >= 4 is 17.4 Å². The SMILES string of the molecule is CC(=O)c1cccc(NC(=O)Cc2cc(C)ccc2C)c1. The Morgan fingerprint density at radius 3 is 2.52 bits per heavy atom. The molecule has 0 bridgehead atoms. The zero-order valence-corrected chi connectivity index (χ0v) is 12.6. The number of hydrogen-bond donors (Lipinski definition) is 1. The molecule has 0 radical (unpaired) electrons. The van der Waals surface area contributed by atoms with E-state index in [1.165, 1.54) is 6.92 Å². The Balaban J connectivity index is 2.10. The van der Waals surface area contributed by atoms with Crippen LogP contribution in [0.1, 0.15) is 34.0 Å². The molecule has 0 aliphatic rings. The standard InChI is InChI=1S/C18H19NO2/c1-12-7-8-13(2)16(9-12)11-18(21)19-17-6-4-5-15(10-17)14(3)20/h4-10H,11H2,1-3H3,(H,19,21). The van der Waals surface area contributed by atoms with Crippen LogP contribution in [0, 0.1) is 13.8 Å². The van der Waals surface area contributed by atoms with Gasteiger partial charge >= 0.3 is 0 Å². The summed E-state index contributed by atoms with van der Waals surface area (Å²) in [5.74, 6) is -0.0926. The van der Waals surface area contributed by atoms with Crippen LogP contribution in [0.5, 0.6) is 0 Å². The van der Waals surface area contributed by atoms with Crippen molar-refractivity contribution in [1.29, 1.82) is 0 Å². The Bertz CT molecular complexity index is 689. The molecule has 0 heterocycles. The van der Waals surface area contributed by atoms with Crippen molar-refractivity contribution in [3.8, 4) is 0 Å². The number of Topliss-reactive ketones (excluding diaryl/α,β-unsaturated/α-hetero) is 1. The summed E-state index contributed by atoms with van der Waals surface area (Å²) < 4.78 is 0. The molecule has 0 fully saturated rings. The van der Waals surface area contributed by atoms with Crippen molar-refractivity contribution in [3.63, 3.8) is 0 Å². The molecule has 2 aromatic carbocycles. The maximum absolute atomic E-state index is 12.1. The lowest BCUT2D eigenvalue weighted by molar-refractivity contribution is -0.115. The van der Waals surface area contributed by atoms with Crippen LogP contribution in [-0.4, -0.2) is 11.7 Å². The van der Waals surface area contributed by atoms with Crippen LogP contribution in [-0.2, 0) is 11.2 Å². The summed E-state index contributed by atoms with van der Waals surface area (Å²) in [4.78, 5) is 23.5. The van der Waals surface area contributed by atoms with Crippen molar-refractivity contribution in [1.82, 2.24) is 0 Å². The number of benzene rings is 2. The molecule has 3 nitrogen and oxygen atoms in total. The smallest absolute Gasteiger partial charge is 0.228 e. The summed E-state index contributed by atoms with van der Waals surface area (Å²) in [6.07, 6.45) is 0.331. The van der Waals surface area contributed by atoms with E-state index in [1.54, 1.807) is 24.3 Å². The molecule has 0 atom stereocenters. The fourth-order valence-corrected chi connectivity index (χ4v) is 2.18. The first kappa shape index (κ1) is 15.0. The van der Waals surface area contributed by atoms with E-state index in [-0.39, 0.29) is 11.7 Å². The number of rotatable bonds is 4. The molecule has 1 N–H and O–H groups in total. The highest BCUT2D eigenvalue weighted by molar-refractivity contribution is 5.97. The molecule has 1 amide bonds. The van der Waals surface area contributed by atoms with Crippen molar-refractivity contribution in [2.45, 2.75) is 27.2 Å². The summed E-state index contributed by atoms with van der Waals surface area (Å²) in [5.41, 5.74) is 4.52. The summed E-state index contributed by atoms with van der Waals surface area (Å²) in [6, 6.07) is 13.1. The number of hydrogen-bond acceptors (Lipinski definition) is 2. The predicted molar refractivity (Wildman–Crippen MR) is 84.7 cm³/mol. The summed E-state index contributed by atoms with van der Waals surface area (Å²) in [7, 11) is 0. The maximum Gasteiger partial charge on any atom is 0.228 e. The van der Waals surface area contributed by atoms with Crippen molar-refractivity contribution in [2.24, 2.45) is 0 Å². The molecular weight excluding hydrogens is 262 g/mol. The van der Waals surface area contributed by atoms with Gasteiger partial charge in [-0.15, -0.1) is 0 Å². The van der Waals surface area contributed by atoms with Gasteiger partial charge in [0.25, 0.3) is 0 Å². The highest BCUT2D eigenvalue weighted by Gasteiger charge is 2.08. The number of carbonyl (C=O) groups is 2. The molecule has 0 aliphatic heterocycles. The minimum absolute atomic E-state index is 0.0133.